The van der Waals surface area contributed by atoms with Crippen LogP contribution < -0.4 is 10.5 Å². The first-order valence-electron chi connectivity index (χ1n) is 13.8. The van der Waals surface area contributed by atoms with Gasteiger partial charge in [-0.05, 0) is 36.5 Å². The number of piperidine rings is 1. The molecule has 200 valence electrons. The second-order valence-electron chi connectivity index (χ2n) is 10.3. The summed E-state index contributed by atoms with van der Waals surface area (Å²) in [4.78, 5) is 35.1. The average Bonchev–Trinajstić information content (AvgIpc) is 3.01. The maximum Gasteiger partial charge on any atom is 0.260 e. The lowest BCUT2D eigenvalue weighted by atomic mass is 9.95. The summed E-state index contributed by atoms with van der Waals surface area (Å²) in [5.74, 6) is -0.561. The van der Waals surface area contributed by atoms with Crippen LogP contribution in [-0.4, -0.2) is 28.4 Å². The van der Waals surface area contributed by atoms with Gasteiger partial charge in [0.2, 0.25) is 0 Å². The summed E-state index contributed by atoms with van der Waals surface area (Å²) in [5.41, 5.74) is 3.19. The molecule has 0 spiro atoms. The predicted molar refractivity (Wildman–Crippen MR) is 157 cm³/mol. The van der Waals surface area contributed by atoms with Gasteiger partial charge in [0.25, 0.3) is 5.56 Å². The Morgan fingerprint density at radius 1 is 0.800 bits per heavy atom. The molecular weight excluding hydrogens is 501 g/mol. The number of hydrogen-bond acceptors (Lipinski definition) is 4. The second-order valence-corrected chi connectivity index (χ2v) is 10.3. The molecule has 0 amide bonds. The van der Waals surface area contributed by atoms with Crippen molar-refractivity contribution >= 4 is 22.5 Å². The third-order valence-corrected chi connectivity index (χ3v) is 7.60. The maximum absolute atomic E-state index is 15.6. The van der Waals surface area contributed by atoms with Gasteiger partial charge in [-0.2, -0.15) is 0 Å². The van der Waals surface area contributed by atoms with Crippen molar-refractivity contribution in [2.24, 2.45) is 0 Å². The molecular formula is C34H30FN3O2. The fourth-order valence-corrected chi connectivity index (χ4v) is 5.58. The van der Waals surface area contributed by atoms with Crippen LogP contribution in [0.1, 0.15) is 52.0 Å². The Bertz CT molecular complexity index is 1710. The van der Waals surface area contributed by atoms with Crippen LogP contribution in [0.3, 0.4) is 0 Å². The van der Waals surface area contributed by atoms with Gasteiger partial charge in [-0.25, -0.2) is 9.37 Å². The number of pyridine rings is 2. The van der Waals surface area contributed by atoms with Gasteiger partial charge in [0.1, 0.15) is 0 Å². The molecule has 0 atom stereocenters. The molecule has 0 N–H and O–H groups in total. The van der Waals surface area contributed by atoms with Gasteiger partial charge in [-0.15, -0.1) is 0 Å². The minimum Gasteiger partial charge on any atom is -0.354 e. The Kier molecular flexibility index (Phi) is 7.23. The quantitative estimate of drug-likeness (QED) is 0.228. The van der Waals surface area contributed by atoms with Crippen LogP contribution >= 0.6 is 0 Å². The van der Waals surface area contributed by atoms with E-state index in [1.165, 1.54) is 6.07 Å². The molecule has 40 heavy (non-hydrogen) atoms. The van der Waals surface area contributed by atoms with E-state index >= 15 is 4.39 Å². The number of carbonyl (C=O) groups is 1. The Morgan fingerprint density at radius 2 is 1.40 bits per heavy atom. The largest absolute Gasteiger partial charge is 0.354 e. The van der Waals surface area contributed by atoms with Crippen LogP contribution in [0.25, 0.3) is 10.9 Å². The van der Waals surface area contributed by atoms with Gasteiger partial charge in [0.15, 0.2) is 17.4 Å². The molecule has 2 aromatic heterocycles. The summed E-state index contributed by atoms with van der Waals surface area (Å²) in [5, 5.41) is 0.116. The van der Waals surface area contributed by atoms with Crippen LogP contribution in [-0.2, 0) is 13.0 Å². The van der Waals surface area contributed by atoms with Crippen molar-refractivity contribution in [3.8, 4) is 0 Å². The topological polar surface area (TPSA) is 55.2 Å². The lowest BCUT2D eigenvalue weighted by Gasteiger charge is -2.28. The van der Waals surface area contributed by atoms with Crippen molar-refractivity contribution < 1.29 is 9.18 Å². The van der Waals surface area contributed by atoms with E-state index in [0.717, 1.165) is 30.4 Å². The highest BCUT2D eigenvalue weighted by atomic mass is 19.1. The van der Waals surface area contributed by atoms with Gasteiger partial charge >= 0.3 is 0 Å². The van der Waals surface area contributed by atoms with Gasteiger partial charge in [0.05, 0.1) is 23.0 Å². The SMILES string of the molecule is O=C(c1ccccc1)c1c(Cc2ccccc2)n(Cc2ccccc2)c(=O)c2cc(F)c(N3CCCCC3)nc12. The molecule has 6 rings (SSSR count). The lowest BCUT2D eigenvalue weighted by molar-refractivity contribution is 0.103. The van der Waals surface area contributed by atoms with Gasteiger partial charge in [-0.1, -0.05) is 91.0 Å². The first kappa shape index (κ1) is 25.7. The highest BCUT2D eigenvalue weighted by Crippen LogP contribution is 2.30. The summed E-state index contributed by atoms with van der Waals surface area (Å²) < 4.78 is 17.2. The Balaban J connectivity index is 1.66. The van der Waals surface area contributed by atoms with E-state index in [2.05, 4.69) is 0 Å². The van der Waals surface area contributed by atoms with Crippen molar-refractivity contribution in [2.75, 3.05) is 18.0 Å². The smallest absolute Gasteiger partial charge is 0.260 e. The number of hydrogen-bond donors (Lipinski definition) is 0. The number of carbonyl (C=O) groups excluding carboxylic acids is 1. The molecule has 1 aliphatic heterocycles. The number of nitrogens with zero attached hydrogens (tertiary/aromatic N) is 3. The van der Waals surface area contributed by atoms with Crippen LogP contribution in [0, 0.1) is 5.82 Å². The molecule has 1 fully saturated rings. The minimum atomic E-state index is -0.535. The Hall–Kier alpha value is -4.58. The molecule has 5 aromatic rings. The number of anilines is 1. The average molecular weight is 532 g/mol. The number of halogens is 1. The van der Waals surface area contributed by atoms with Crippen molar-refractivity contribution in [3.05, 3.63) is 141 Å². The van der Waals surface area contributed by atoms with E-state index in [0.29, 0.717) is 36.3 Å². The molecule has 3 heterocycles. The van der Waals surface area contributed by atoms with E-state index < -0.39 is 5.82 Å². The van der Waals surface area contributed by atoms with Crippen molar-refractivity contribution in [1.29, 1.82) is 0 Å². The molecule has 3 aromatic carbocycles. The van der Waals surface area contributed by atoms with E-state index in [1.54, 1.807) is 16.7 Å². The molecule has 6 heteroatoms. The summed E-state index contributed by atoms with van der Waals surface area (Å²) in [6.07, 6.45) is 3.35. The summed E-state index contributed by atoms with van der Waals surface area (Å²) in [7, 11) is 0. The number of ketones is 1. The molecule has 1 aliphatic rings. The van der Waals surface area contributed by atoms with Crippen LogP contribution in [0.4, 0.5) is 10.2 Å². The van der Waals surface area contributed by atoms with E-state index in [4.69, 9.17) is 4.98 Å². The fraction of sp³-hybridized carbons (Fsp3) is 0.206. The molecule has 0 aliphatic carbocycles. The van der Waals surface area contributed by atoms with Gasteiger partial charge in [0, 0.05) is 30.8 Å². The molecule has 1 saturated heterocycles. The molecule has 5 nitrogen and oxygen atoms in total. The van der Waals surface area contributed by atoms with E-state index in [1.807, 2.05) is 83.8 Å². The zero-order chi connectivity index (χ0) is 27.5. The fourth-order valence-electron chi connectivity index (χ4n) is 5.58. The molecule has 0 radical (unpaired) electrons. The van der Waals surface area contributed by atoms with Crippen molar-refractivity contribution in [2.45, 2.75) is 32.2 Å². The number of fused-ring (bicyclic) bond motifs is 1. The number of aromatic nitrogens is 2. The third-order valence-electron chi connectivity index (χ3n) is 7.60. The monoisotopic (exact) mass is 531 g/mol. The maximum atomic E-state index is 15.6. The Morgan fingerprint density at radius 3 is 2.05 bits per heavy atom. The second kappa shape index (κ2) is 11.3. The zero-order valence-electron chi connectivity index (χ0n) is 22.2. The molecule has 0 bridgehead atoms. The highest BCUT2D eigenvalue weighted by molar-refractivity contribution is 6.16. The van der Waals surface area contributed by atoms with Gasteiger partial charge in [-0.3, -0.25) is 9.59 Å². The van der Waals surface area contributed by atoms with Crippen molar-refractivity contribution in [3.63, 3.8) is 0 Å². The van der Waals surface area contributed by atoms with Gasteiger partial charge < -0.3 is 9.47 Å². The van der Waals surface area contributed by atoms with Crippen LogP contribution in [0.2, 0.25) is 0 Å². The normalized spacial score (nSPS) is 13.5. The first-order chi connectivity index (χ1) is 19.6. The Labute approximate surface area is 232 Å². The van der Waals surface area contributed by atoms with Crippen molar-refractivity contribution in [1.82, 2.24) is 9.55 Å². The minimum absolute atomic E-state index is 0.116. The van der Waals surface area contributed by atoms with E-state index in [9.17, 15) is 9.59 Å². The summed E-state index contributed by atoms with van der Waals surface area (Å²) in [6, 6.07) is 29.7. The zero-order valence-corrected chi connectivity index (χ0v) is 22.2. The number of rotatable bonds is 7. The third kappa shape index (κ3) is 5.05. The highest BCUT2D eigenvalue weighted by Gasteiger charge is 2.27. The lowest BCUT2D eigenvalue weighted by Crippen LogP contribution is -2.32. The van der Waals surface area contributed by atoms with Crippen LogP contribution in [0.5, 0.6) is 0 Å². The first-order valence-corrected chi connectivity index (χ1v) is 13.8. The standard InChI is InChI=1S/C34H30FN3O2/c35-28-22-27-31(36-33(28)37-19-11-4-12-20-37)30(32(39)26-17-9-3-10-18-26)29(21-24-13-5-1-6-14-24)38(34(27)40)23-25-15-7-2-8-16-25/h1-3,5-10,13-18,22H,4,11-12,19-21,23H2. The van der Waals surface area contributed by atoms with E-state index in [-0.39, 0.29) is 34.6 Å². The number of benzene rings is 3. The van der Waals surface area contributed by atoms with Crippen LogP contribution in [0.15, 0.2) is 102 Å². The summed E-state index contributed by atoms with van der Waals surface area (Å²) in [6.45, 7) is 1.64. The molecule has 0 unspecified atom stereocenters. The predicted octanol–water partition coefficient (Wildman–Crippen LogP) is 6.40. The summed E-state index contributed by atoms with van der Waals surface area (Å²) >= 11 is 0. The molecule has 0 saturated carbocycles.